The number of halogens is 2. The molecule has 2 aromatic heterocycles. The number of pyridine rings is 2. The molecule has 0 unspecified atom stereocenters. The van der Waals surface area contributed by atoms with E-state index < -0.39 is 0 Å². The molecule has 0 bridgehead atoms. The van der Waals surface area contributed by atoms with E-state index in [4.69, 9.17) is 14.2 Å². The van der Waals surface area contributed by atoms with Crippen LogP contribution in [0, 0.1) is 10.8 Å². The second-order valence-corrected chi connectivity index (χ2v) is 21.2. The molecule has 1 amide bonds. The lowest BCUT2D eigenvalue weighted by Crippen LogP contribution is -3.00. The summed E-state index contributed by atoms with van der Waals surface area (Å²) in [7, 11) is 0. The molecule has 0 radical (unpaired) electrons. The number of benzene rings is 4. The number of hydrogen-bond acceptors (Lipinski definition) is 8. The van der Waals surface area contributed by atoms with Gasteiger partial charge in [-0.25, -0.2) is 4.79 Å². The van der Waals surface area contributed by atoms with E-state index in [0.717, 1.165) is 66.2 Å². The third kappa shape index (κ3) is 15.1. The Kier molecular flexibility index (Phi) is 18.7. The molecule has 4 aromatic carbocycles. The highest BCUT2D eigenvalue weighted by Crippen LogP contribution is 2.46. The van der Waals surface area contributed by atoms with E-state index in [1.165, 1.54) is 69.5 Å². The Morgan fingerprint density at radius 3 is 1.54 bits per heavy atom. The van der Waals surface area contributed by atoms with E-state index in [-0.39, 0.29) is 46.8 Å². The van der Waals surface area contributed by atoms with Gasteiger partial charge in [-0.3, -0.25) is 18.7 Å². The van der Waals surface area contributed by atoms with E-state index in [2.05, 4.69) is 38.3 Å². The summed E-state index contributed by atoms with van der Waals surface area (Å²) in [6, 6.07) is 42.5. The van der Waals surface area contributed by atoms with E-state index in [0.29, 0.717) is 35.5 Å². The fourth-order valence-corrected chi connectivity index (χ4v) is 10.3. The first-order valence-corrected chi connectivity index (χ1v) is 25.7. The molecule has 10 rings (SSSR count). The molecular weight excluding hydrogens is 1070 g/mol. The largest absolute Gasteiger partial charge is 1.00 e. The second kappa shape index (κ2) is 24.8. The molecule has 1 aliphatic carbocycles. The number of aromatic nitrogens is 2. The van der Waals surface area contributed by atoms with E-state index in [1.807, 2.05) is 129 Å². The van der Waals surface area contributed by atoms with Gasteiger partial charge in [0.15, 0.2) is 0 Å². The average molecular weight is 1140 g/mol. The lowest BCUT2D eigenvalue weighted by molar-refractivity contribution is -0.000112. The van der Waals surface area contributed by atoms with Gasteiger partial charge in [-0.1, -0.05) is 89.4 Å². The zero-order valence-corrected chi connectivity index (χ0v) is 45.1. The summed E-state index contributed by atoms with van der Waals surface area (Å²) in [5.41, 5.74) is 5.56. The van der Waals surface area contributed by atoms with Gasteiger partial charge in [-0.15, -0.1) is 0 Å². The van der Waals surface area contributed by atoms with Crippen LogP contribution in [0.15, 0.2) is 160 Å². The van der Waals surface area contributed by atoms with Crippen molar-refractivity contribution in [2.24, 2.45) is 10.8 Å². The molecule has 13 heteroatoms. The topological polar surface area (TPSA) is 107 Å². The van der Waals surface area contributed by atoms with Crippen LogP contribution in [0.25, 0.3) is 11.4 Å². The number of ether oxygens (including phenoxy) is 3. The lowest BCUT2D eigenvalue weighted by atomic mass is 9.77. The van der Waals surface area contributed by atoms with Crippen molar-refractivity contribution in [2.45, 2.75) is 97.4 Å². The third-order valence-electron chi connectivity index (χ3n) is 14.1. The Morgan fingerprint density at radius 1 is 0.592 bits per heavy atom. The minimum atomic E-state index is -0.375. The van der Waals surface area contributed by atoms with Gasteiger partial charge in [0.25, 0.3) is 11.1 Å². The van der Waals surface area contributed by atoms with Gasteiger partial charge in [0.1, 0.15) is 30.3 Å². The summed E-state index contributed by atoms with van der Waals surface area (Å²) in [6.45, 7) is 13.0. The molecule has 11 nitrogen and oxygen atoms in total. The van der Waals surface area contributed by atoms with Crippen molar-refractivity contribution in [3.05, 3.63) is 182 Å². The van der Waals surface area contributed by atoms with E-state index in [1.54, 1.807) is 33.7 Å². The standard InChI is InChI=1S/C26H29N3O2.C18H14BrNO2.C14H25NO2.HI/c30-25-18-24(31-19-21-4-2-1-3-5-21)10-16-29(25)23-8-6-22(7-9-23)28-17-13-26(20-28)11-14-27-15-12-26;19-15-6-8-16(9-7-15)20-11-10-17(12-18(20)21)22-13-14-4-2-1-3-5-14;1-13(2,3)17-12(16)15-10-8-14(9-11-15)6-4-5-7-14;/h1-10,16,18,27H,11-15,17,19-20H2;1-12H,13H2;4-11H2,1-3H3;1H/p-1. The maximum Gasteiger partial charge on any atom is 0.410 e. The highest BCUT2D eigenvalue weighted by molar-refractivity contribution is 9.10. The highest BCUT2D eigenvalue weighted by atomic mass is 127. The Hall–Kier alpha value is -5.38. The summed E-state index contributed by atoms with van der Waals surface area (Å²) < 4.78 is 21.1. The first-order chi connectivity index (χ1) is 33.8. The molecule has 1 saturated carbocycles. The molecule has 3 saturated heterocycles. The van der Waals surface area contributed by atoms with Crippen LogP contribution in [0.2, 0.25) is 0 Å². The smallest absolute Gasteiger partial charge is 0.410 e. The van der Waals surface area contributed by atoms with Crippen LogP contribution < -0.4 is 54.8 Å². The quantitative estimate of drug-likeness (QED) is 0.143. The lowest BCUT2D eigenvalue weighted by Gasteiger charge is -2.39. The van der Waals surface area contributed by atoms with Gasteiger partial charge in [0.2, 0.25) is 0 Å². The van der Waals surface area contributed by atoms with Gasteiger partial charge >= 0.3 is 6.09 Å². The predicted molar refractivity (Wildman–Crippen MR) is 283 cm³/mol. The van der Waals surface area contributed by atoms with Crippen LogP contribution in [-0.4, -0.2) is 65.0 Å². The number of likely N-dealkylation sites (tertiary alicyclic amines) is 1. The van der Waals surface area contributed by atoms with E-state index in [9.17, 15) is 14.4 Å². The molecule has 6 aromatic rings. The summed E-state index contributed by atoms with van der Waals surface area (Å²) in [5, 5.41) is 3.48. The van der Waals surface area contributed by atoms with Gasteiger partial charge in [0, 0.05) is 72.2 Å². The van der Waals surface area contributed by atoms with Crippen molar-refractivity contribution < 1.29 is 43.0 Å². The molecule has 3 aliphatic heterocycles. The highest BCUT2D eigenvalue weighted by Gasteiger charge is 2.40. The second-order valence-electron chi connectivity index (χ2n) is 20.3. The number of carbonyl (C=O) groups excluding carboxylic acids is 1. The molecular formula is C58H68BrIN5O6-. The van der Waals surface area contributed by atoms with E-state index >= 15 is 0 Å². The average Bonchev–Trinajstić information content (AvgIpc) is 4.01. The maximum absolute atomic E-state index is 12.7. The van der Waals surface area contributed by atoms with Crippen molar-refractivity contribution >= 4 is 27.7 Å². The van der Waals surface area contributed by atoms with Crippen molar-refractivity contribution in [2.75, 3.05) is 44.2 Å². The molecule has 4 aliphatic rings. The van der Waals surface area contributed by atoms with Crippen LogP contribution in [-0.2, 0) is 18.0 Å². The Balaban J connectivity index is 0.000000163. The molecule has 1 N–H and O–H groups in total. The molecule has 71 heavy (non-hydrogen) atoms. The summed E-state index contributed by atoms with van der Waals surface area (Å²) in [5.74, 6) is 1.16. The van der Waals surface area contributed by atoms with Crippen LogP contribution in [0.4, 0.5) is 10.5 Å². The minimum absolute atomic E-state index is 0. The van der Waals surface area contributed by atoms with Crippen molar-refractivity contribution in [3.8, 4) is 22.9 Å². The minimum Gasteiger partial charge on any atom is -1.00 e. The Bertz CT molecular complexity index is 2720. The van der Waals surface area contributed by atoms with Crippen LogP contribution >= 0.6 is 15.9 Å². The number of hydrogen-bond donors (Lipinski definition) is 1. The van der Waals surface area contributed by atoms with Crippen molar-refractivity contribution in [3.63, 3.8) is 0 Å². The molecule has 0 atom stereocenters. The number of nitrogens with zero attached hydrogens (tertiary/aromatic N) is 4. The molecule has 376 valence electrons. The van der Waals surface area contributed by atoms with Crippen molar-refractivity contribution in [1.29, 1.82) is 0 Å². The van der Waals surface area contributed by atoms with Crippen molar-refractivity contribution in [1.82, 2.24) is 19.4 Å². The van der Waals surface area contributed by atoms with Gasteiger partial charge in [0.05, 0.1) is 0 Å². The van der Waals surface area contributed by atoms with Crippen LogP contribution in [0.1, 0.15) is 89.7 Å². The maximum atomic E-state index is 12.7. The Morgan fingerprint density at radius 2 is 1.06 bits per heavy atom. The molecule has 2 spiro atoms. The molecule has 5 heterocycles. The first kappa shape index (κ1) is 53.4. The summed E-state index contributed by atoms with van der Waals surface area (Å²) in [4.78, 5) is 41.2. The Labute approximate surface area is 444 Å². The van der Waals surface area contributed by atoms with Gasteiger partial charge < -0.3 is 53.3 Å². The number of nitrogens with one attached hydrogen (secondary N) is 1. The number of amides is 1. The summed E-state index contributed by atoms with van der Waals surface area (Å²) in [6.07, 6.45) is 15.1. The predicted octanol–water partition coefficient (Wildman–Crippen LogP) is 8.76. The zero-order valence-electron chi connectivity index (χ0n) is 41.4. The summed E-state index contributed by atoms with van der Waals surface area (Å²) >= 11 is 3.38. The normalized spacial score (nSPS) is 16.7. The number of rotatable bonds is 9. The van der Waals surface area contributed by atoms with Gasteiger partial charge in [-0.05, 0) is 161 Å². The van der Waals surface area contributed by atoms with Crippen LogP contribution in [0.5, 0.6) is 11.5 Å². The third-order valence-corrected chi connectivity index (χ3v) is 14.6. The number of anilines is 1. The van der Waals surface area contributed by atoms with Crippen LogP contribution in [0.3, 0.4) is 0 Å². The fourth-order valence-electron chi connectivity index (χ4n) is 10.1. The van der Waals surface area contributed by atoms with Gasteiger partial charge in [-0.2, -0.15) is 0 Å². The zero-order chi connectivity index (χ0) is 49.0. The number of carbonyl (C=O) groups is 1. The SMILES string of the molecule is CC(C)(C)OC(=O)N1CCC2(CCCC2)CC1.O=c1cc(OCc2ccccc2)ccn1-c1ccc(Br)cc1.O=c1cc(OCc2ccccc2)ccn1-c1ccc(N2CCC3(CCNCC3)C2)cc1.[I-]. The number of piperidine rings is 2. The molecule has 4 fully saturated rings. The monoisotopic (exact) mass is 1140 g/mol. The first-order valence-electron chi connectivity index (χ1n) is 24.9. The fraction of sp³-hybridized carbons (Fsp3) is 0.397.